The van der Waals surface area contributed by atoms with Gasteiger partial charge in [-0.15, -0.1) is 0 Å². The third-order valence-corrected chi connectivity index (χ3v) is 3.98. The molecule has 1 rings (SSSR count). The van der Waals surface area contributed by atoms with E-state index in [9.17, 15) is 4.79 Å². The monoisotopic (exact) mass is 305 g/mol. The molecule has 1 heterocycles. The average molecular weight is 306 g/mol. The van der Waals surface area contributed by atoms with E-state index in [-0.39, 0.29) is 12.0 Å². The highest BCUT2D eigenvalue weighted by Gasteiger charge is 2.35. The standard InChI is InChI=1S/C13H24BrNO2/c1-4-11(5-2)15(8-7-14)13(16)12-10(3)6-9-17-12/h10-12H,4-9H2,1-3H3. The Balaban J connectivity index is 2.71. The first-order valence-corrected chi connectivity index (χ1v) is 7.75. The third kappa shape index (κ3) is 3.68. The molecule has 2 atom stereocenters. The first-order chi connectivity index (χ1) is 8.15. The Labute approximate surface area is 113 Å². The van der Waals surface area contributed by atoms with Crippen molar-refractivity contribution in [3.8, 4) is 0 Å². The van der Waals surface area contributed by atoms with Crippen molar-refractivity contribution in [3.63, 3.8) is 0 Å². The molecular formula is C13H24BrNO2. The van der Waals surface area contributed by atoms with Crippen LogP contribution in [0.4, 0.5) is 0 Å². The van der Waals surface area contributed by atoms with Crippen LogP contribution in [0, 0.1) is 5.92 Å². The molecular weight excluding hydrogens is 282 g/mol. The minimum absolute atomic E-state index is 0.183. The minimum Gasteiger partial charge on any atom is -0.368 e. The van der Waals surface area contributed by atoms with Crippen molar-refractivity contribution in [2.24, 2.45) is 5.92 Å². The molecule has 1 amide bonds. The summed E-state index contributed by atoms with van der Waals surface area (Å²) in [6.07, 6.45) is 2.81. The van der Waals surface area contributed by atoms with E-state index < -0.39 is 0 Å². The quantitative estimate of drug-likeness (QED) is 0.706. The minimum atomic E-state index is -0.213. The fraction of sp³-hybridized carbons (Fsp3) is 0.923. The van der Waals surface area contributed by atoms with Gasteiger partial charge in [0, 0.05) is 24.5 Å². The predicted molar refractivity (Wildman–Crippen MR) is 73.4 cm³/mol. The van der Waals surface area contributed by atoms with Gasteiger partial charge >= 0.3 is 0 Å². The molecule has 0 aromatic carbocycles. The van der Waals surface area contributed by atoms with E-state index in [1.54, 1.807) is 0 Å². The number of ether oxygens (including phenoxy) is 1. The molecule has 3 nitrogen and oxygen atoms in total. The Bertz CT molecular complexity index is 244. The van der Waals surface area contributed by atoms with Crippen LogP contribution in [0.1, 0.15) is 40.0 Å². The molecule has 0 saturated carbocycles. The second kappa shape index (κ2) is 7.37. The highest BCUT2D eigenvalue weighted by atomic mass is 79.9. The lowest BCUT2D eigenvalue weighted by Crippen LogP contribution is -2.47. The van der Waals surface area contributed by atoms with Crippen molar-refractivity contribution in [1.82, 2.24) is 4.90 Å². The maximum absolute atomic E-state index is 12.5. The van der Waals surface area contributed by atoms with Crippen LogP contribution in [0.5, 0.6) is 0 Å². The SMILES string of the molecule is CCC(CC)N(CCBr)C(=O)C1OCCC1C. The Hall–Kier alpha value is -0.0900. The van der Waals surface area contributed by atoms with Gasteiger partial charge in [0.05, 0.1) is 0 Å². The summed E-state index contributed by atoms with van der Waals surface area (Å²) in [5.74, 6) is 0.540. The van der Waals surface area contributed by atoms with Crippen LogP contribution in [0.25, 0.3) is 0 Å². The fourth-order valence-corrected chi connectivity index (χ4v) is 2.85. The van der Waals surface area contributed by atoms with Crippen molar-refractivity contribution in [1.29, 1.82) is 0 Å². The van der Waals surface area contributed by atoms with E-state index in [2.05, 4.69) is 36.7 Å². The molecule has 2 unspecified atom stereocenters. The molecule has 0 spiro atoms. The van der Waals surface area contributed by atoms with E-state index in [0.717, 1.165) is 37.7 Å². The lowest BCUT2D eigenvalue weighted by atomic mass is 10.0. The van der Waals surface area contributed by atoms with Crippen LogP contribution in [0.3, 0.4) is 0 Å². The van der Waals surface area contributed by atoms with Gasteiger partial charge in [0.25, 0.3) is 5.91 Å². The van der Waals surface area contributed by atoms with Gasteiger partial charge in [-0.05, 0) is 25.2 Å². The number of hydrogen-bond acceptors (Lipinski definition) is 2. The highest BCUT2D eigenvalue weighted by Crippen LogP contribution is 2.23. The highest BCUT2D eigenvalue weighted by molar-refractivity contribution is 9.09. The van der Waals surface area contributed by atoms with Crippen molar-refractivity contribution < 1.29 is 9.53 Å². The van der Waals surface area contributed by atoms with E-state index >= 15 is 0 Å². The second-order valence-electron chi connectivity index (χ2n) is 4.75. The number of alkyl halides is 1. The molecule has 1 aliphatic heterocycles. The summed E-state index contributed by atoms with van der Waals surface area (Å²) in [6.45, 7) is 7.89. The van der Waals surface area contributed by atoms with Gasteiger partial charge in [-0.1, -0.05) is 36.7 Å². The molecule has 0 aromatic rings. The lowest BCUT2D eigenvalue weighted by molar-refractivity contribution is -0.144. The maximum Gasteiger partial charge on any atom is 0.252 e. The van der Waals surface area contributed by atoms with Crippen LogP contribution in [-0.2, 0) is 9.53 Å². The number of carbonyl (C=O) groups is 1. The summed E-state index contributed by atoms with van der Waals surface area (Å²) in [5.41, 5.74) is 0. The van der Waals surface area contributed by atoms with Crippen molar-refractivity contribution in [2.75, 3.05) is 18.5 Å². The van der Waals surface area contributed by atoms with Gasteiger partial charge in [-0.3, -0.25) is 4.79 Å². The molecule has 0 aromatic heterocycles. The summed E-state index contributed by atoms with van der Waals surface area (Å²) >= 11 is 3.43. The van der Waals surface area contributed by atoms with Crippen LogP contribution >= 0.6 is 15.9 Å². The number of carbonyl (C=O) groups excluding carboxylic acids is 1. The predicted octanol–water partition coefficient (Wildman–Crippen LogP) is 2.82. The van der Waals surface area contributed by atoms with Crippen molar-refractivity contribution in [3.05, 3.63) is 0 Å². The zero-order valence-corrected chi connectivity index (χ0v) is 12.7. The molecule has 4 heteroatoms. The summed E-state index contributed by atoms with van der Waals surface area (Å²) in [6, 6.07) is 0.344. The van der Waals surface area contributed by atoms with E-state index in [1.807, 2.05) is 4.90 Å². The summed E-state index contributed by atoms with van der Waals surface area (Å²) in [5, 5.41) is 0.830. The van der Waals surface area contributed by atoms with Gasteiger partial charge in [-0.2, -0.15) is 0 Å². The first kappa shape index (κ1) is 15.0. The zero-order valence-electron chi connectivity index (χ0n) is 11.1. The normalized spacial score (nSPS) is 24.3. The number of halogens is 1. The Morgan fingerprint density at radius 2 is 2.12 bits per heavy atom. The van der Waals surface area contributed by atoms with Crippen LogP contribution < -0.4 is 0 Å². The molecule has 1 saturated heterocycles. The van der Waals surface area contributed by atoms with Gasteiger partial charge in [0.2, 0.25) is 0 Å². The number of hydrogen-bond donors (Lipinski definition) is 0. The molecule has 1 aliphatic rings. The average Bonchev–Trinajstić information content (AvgIpc) is 2.75. The fourth-order valence-electron chi connectivity index (χ4n) is 2.47. The summed E-state index contributed by atoms with van der Waals surface area (Å²) in [7, 11) is 0. The smallest absolute Gasteiger partial charge is 0.252 e. The summed E-state index contributed by atoms with van der Waals surface area (Å²) in [4.78, 5) is 14.5. The Morgan fingerprint density at radius 3 is 2.53 bits per heavy atom. The van der Waals surface area contributed by atoms with Crippen molar-refractivity contribution in [2.45, 2.75) is 52.2 Å². The Morgan fingerprint density at radius 1 is 1.47 bits per heavy atom. The van der Waals surface area contributed by atoms with E-state index in [1.165, 1.54) is 0 Å². The molecule has 0 radical (unpaired) electrons. The molecule has 0 N–H and O–H groups in total. The van der Waals surface area contributed by atoms with Crippen LogP contribution in [0.15, 0.2) is 0 Å². The zero-order chi connectivity index (χ0) is 12.8. The third-order valence-electron chi connectivity index (χ3n) is 3.62. The number of rotatable bonds is 6. The molecule has 1 fully saturated rings. The molecule has 100 valence electrons. The Kier molecular flexibility index (Phi) is 6.49. The number of amides is 1. The molecule has 0 aliphatic carbocycles. The maximum atomic E-state index is 12.5. The largest absolute Gasteiger partial charge is 0.368 e. The van der Waals surface area contributed by atoms with E-state index in [0.29, 0.717) is 12.0 Å². The van der Waals surface area contributed by atoms with Crippen LogP contribution in [-0.4, -0.2) is 41.4 Å². The first-order valence-electron chi connectivity index (χ1n) is 6.63. The summed E-state index contributed by atoms with van der Waals surface area (Å²) < 4.78 is 5.59. The van der Waals surface area contributed by atoms with Crippen molar-refractivity contribution >= 4 is 21.8 Å². The molecule has 0 bridgehead atoms. The number of nitrogens with zero attached hydrogens (tertiary/aromatic N) is 1. The second-order valence-corrected chi connectivity index (χ2v) is 5.54. The van der Waals surface area contributed by atoms with E-state index in [4.69, 9.17) is 4.74 Å². The van der Waals surface area contributed by atoms with Gasteiger partial charge < -0.3 is 9.64 Å². The topological polar surface area (TPSA) is 29.5 Å². The lowest BCUT2D eigenvalue weighted by Gasteiger charge is -2.32. The molecule has 17 heavy (non-hydrogen) atoms. The van der Waals surface area contributed by atoms with Gasteiger partial charge in [0.1, 0.15) is 6.10 Å². The van der Waals surface area contributed by atoms with Gasteiger partial charge in [-0.25, -0.2) is 0 Å². The van der Waals surface area contributed by atoms with Gasteiger partial charge in [0.15, 0.2) is 0 Å². The van der Waals surface area contributed by atoms with Crippen LogP contribution in [0.2, 0.25) is 0 Å².